The van der Waals surface area contributed by atoms with E-state index in [1.165, 1.54) is 0 Å². The summed E-state index contributed by atoms with van der Waals surface area (Å²) >= 11 is 0. The Labute approximate surface area is 108 Å². The number of methoxy groups -OCH3 is 1. The molecule has 18 heavy (non-hydrogen) atoms. The molecule has 0 saturated heterocycles. The molecule has 0 aliphatic carbocycles. The van der Waals surface area contributed by atoms with E-state index in [2.05, 4.69) is 5.10 Å². The van der Waals surface area contributed by atoms with Gasteiger partial charge in [0.05, 0.1) is 29.3 Å². The van der Waals surface area contributed by atoms with Crippen molar-refractivity contribution in [1.29, 1.82) is 0 Å². The normalized spacial score (nSPS) is 12.3. The highest BCUT2D eigenvalue weighted by Gasteiger charge is 2.11. The molecule has 0 bridgehead atoms. The molecular formula is C12H15N3O2S. The van der Waals surface area contributed by atoms with E-state index in [1.54, 1.807) is 36.2 Å². The second-order valence-electron chi connectivity index (χ2n) is 3.73. The molecule has 5 nitrogen and oxygen atoms in total. The summed E-state index contributed by atoms with van der Waals surface area (Å²) in [4.78, 5) is 0.666. The van der Waals surface area contributed by atoms with Gasteiger partial charge in [-0.1, -0.05) is 0 Å². The third-order valence-electron chi connectivity index (χ3n) is 2.50. The van der Waals surface area contributed by atoms with Gasteiger partial charge < -0.3 is 10.5 Å². The van der Waals surface area contributed by atoms with Crippen molar-refractivity contribution in [2.24, 2.45) is 0 Å². The number of hydrogen-bond donors (Lipinski definition) is 1. The minimum atomic E-state index is -1.13. The highest BCUT2D eigenvalue weighted by atomic mass is 32.2. The van der Waals surface area contributed by atoms with E-state index in [1.807, 2.05) is 12.3 Å². The number of benzene rings is 1. The van der Waals surface area contributed by atoms with Crippen molar-refractivity contribution in [3.8, 4) is 5.75 Å². The van der Waals surface area contributed by atoms with Gasteiger partial charge in [0.15, 0.2) is 0 Å². The van der Waals surface area contributed by atoms with E-state index >= 15 is 0 Å². The van der Waals surface area contributed by atoms with Gasteiger partial charge in [0.25, 0.3) is 0 Å². The lowest BCUT2D eigenvalue weighted by atomic mass is 10.3. The van der Waals surface area contributed by atoms with Gasteiger partial charge >= 0.3 is 0 Å². The lowest BCUT2D eigenvalue weighted by Gasteiger charge is -2.09. The van der Waals surface area contributed by atoms with Crippen molar-refractivity contribution < 1.29 is 8.95 Å². The molecule has 0 saturated carbocycles. The fourth-order valence-electron chi connectivity index (χ4n) is 1.59. The van der Waals surface area contributed by atoms with Gasteiger partial charge in [-0.3, -0.25) is 8.89 Å². The van der Waals surface area contributed by atoms with Gasteiger partial charge in [-0.2, -0.15) is 5.10 Å². The maximum absolute atomic E-state index is 12.2. The molecule has 0 aliphatic rings. The number of nitrogen functional groups attached to an aromatic ring is 1. The molecule has 1 atom stereocenters. The first-order valence-electron chi connectivity index (χ1n) is 5.50. The van der Waals surface area contributed by atoms with E-state index < -0.39 is 10.8 Å². The Kier molecular flexibility index (Phi) is 3.99. The first-order valence-corrected chi connectivity index (χ1v) is 6.82. The Balaban J connectivity index is 2.09. The average Bonchev–Trinajstić information content (AvgIpc) is 2.88. The third kappa shape index (κ3) is 2.89. The molecule has 1 unspecified atom stereocenters. The molecule has 6 heteroatoms. The maximum Gasteiger partial charge on any atom is 0.137 e. The minimum Gasteiger partial charge on any atom is -0.495 e. The number of nitrogens with two attached hydrogens (primary N) is 1. The van der Waals surface area contributed by atoms with Crippen LogP contribution in [0.4, 0.5) is 5.69 Å². The number of hydrogen-bond acceptors (Lipinski definition) is 4. The van der Waals surface area contributed by atoms with E-state index in [4.69, 9.17) is 10.5 Å². The van der Waals surface area contributed by atoms with Gasteiger partial charge in [-0.25, -0.2) is 0 Å². The summed E-state index contributed by atoms with van der Waals surface area (Å²) in [5.74, 6) is 1.05. The van der Waals surface area contributed by atoms with Crippen LogP contribution >= 0.6 is 0 Å². The third-order valence-corrected chi connectivity index (χ3v) is 3.88. The van der Waals surface area contributed by atoms with Crippen LogP contribution in [0, 0.1) is 0 Å². The van der Waals surface area contributed by atoms with Crippen molar-refractivity contribution in [3.63, 3.8) is 0 Å². The summed E-state index contributed by atoms with van der Waals surface area (Å²) in [6, 6.07) is 6.99. The summed E-state index contributed by atoms with van der Waals surface area (Å²) in [5.41, 5.74) is 6.26. The quantitative estimate of drug-likeness (QED) is 0.827. The molecule has 1 aromatic carbocycles. The predicted octanol–water partition coefficient (Wildman–Crippen LogP) is 1.28. The first kappa shape index (κ1) is 12.6. The Bertz CT molecular complexity index is 540. The van der Waals surface area contributed by atoms with Crippen LogP contribution in [0.1, 0.15) is 0 Å². The smallest absolute Gasteiger partial charge is 0.137 e. The van der Waals surface area contributed by atoms with Crippen LogP contribution in [0.15, 0.2) is 41.6 Å². The molecule has 0 fully saturated rings. The molecule has 96 valence electrons. The zero-order valence-electron chi connectivity index (χ0n) is 10.1. The van der Waals surface area contributed by atoms with Crippen molar-refractivity contribution in [2.75, 3.05) is 18.6 Å². The van der Waals surface area contributed by atoms with Crippen LogP contribution in [-0.4, -0.2) is 26.9 Å². The number of aryl methyl sites for hydroxylation is 1. The van der Waals surface area contributed by atoms with Crippen LogP contribution in [0.25, 0.3) is 0 Å². The lowest BCUT2D eigenvalue weighted by molar-refractivity contribution is 0.404. The fourth-order valence-corrected chi connectivity index (χ4v) is 2.75. The number of aromatic nitrogens is 2. The topological polar surface area (TPSA) is 70.1 Å². The summed E-state index contributed by atoms with van der Waals surface area (Å²) in [6.07, 6.45) is 3.55. The van der Waals surface area contributed by atoms with Crippen LogP contribution < -0.4 is 10.5 Å². The highest BCUT2D eigenvalue weighted by Crippen LogP contribution is 2.24. The summed E-state index contributed by atoms with van der Waals surface area (Å²) in [6.45, 7) is 0.604. The first-order chi connectivity index (χ1) is 8.70. The number of ether oxygens (including phenoxy) is 1. The molecule has 2 aromatic rings. The van der Waals surface area contributed by atoms with Gasteiger partial charge in [0, 0.05) is 29.9 Å². The second-order valence-corrected chi connectivity index (χ2v) is 5.27. The Hall–Kier alpha value is -1.82. The molecule has 2 N–H and O–H groups in total. The van der Waals surface area contributed by atoms with Gasteiger partial charge in [0.2, 0.25) is 0 Å². The van der Waals surface area contributed by atoms with Crippen LogP contribution in [0.3, 0.4) is 0 Å². The highest BCUT2D eigenvalue weighted by molar-refractivity contribution is 7.85. The fraction of sp³-hybridized carbons (Fsp3) is 0.250. The van der Waals surface area contributed by atoms with E-state index in [9.17, 15) is 4.21 Å². The minimum absolute atomic E-state index is 0.488. The zero-order chi connectivity index (χ0) is 13.0. The van der Waals surface area contributed by atoms with E-state index in [0.717, 1.165) is 0 Å². The van der Waals surface area contributed by atoms with E-state index in [0.29, 0.717) is 28.6 Å². The summed E-state index contributed by atoms with van der Waals surface area (Å²) in [5, 5.41) is 4.07. The largest absolute Gasteiger partial charge is 0.495 e. The number of rotatable bonds is 5. The molecule has 0 spiro atoms. The Morgan fingerprint density at radius 2 is 2.33 bits per heavy atom. The van der Waals surface area contributed by atoms with Gasteiger partial charge in [0.1, 0.15) is 5.75 Å². The summed E-state index contributed by atoms with van der Waals surface area (Å²) in [7, 11) is 0.415. The number of nitrogens with zero attached hydrogens (tertiary/aromatic N) is 2. The maximum atomic E-state index is 12.2. The van der Waals surface area contributed by atoms with Crippen molar-refractivity contribution in [2.45, 2.75) is 11.4 Å². The van der Waals surface area contributed by atoms with Gasteiger partial charge in [-0.05, 0) is 18.2 Å². The molecule has 1 heterocycles. The summed E-state index contributed by atoms with van der Waals surface area (Å²) < 4.78 is 19.1. The second kappa shape index (κ2) is 5.68. The number of anilines is 1. The molecular weight excluding hydrogens is 250 g/mol. The zero-order valence-corrected chi connectivity index (χ0v) is 10.9. The molecule has 2 rings (SSSR count). The van der Waals surface area contributed by atoms with Crippen LogP contribution in [0.5, 0.6) is 5.75 Å². The average molecular weight is 265 g/mol. The SMILES string of the molecule is COc1cc(N)ccc1S(=O)CCn1cccn1. The standard InChI is InChI=1S/C12H15N3O2S/c1-17-11-9-10(13)3-4-12(11)18(16)8-7-15-6-2-5-14-15/h2-6,9H,7-8,13H2,1H3. The molecule has 1 aromatic heterocycles. The van der Waals surface area contributed by atoms with Crippen LogP contribution in [-0.2, 0) is 17.3 Å². The van der Waals surface area contributed by atoms with E-state index in [-0.39, 0.29) is 0 Å². The van der Waals surface area contributed by atoms with Crippen molar-refractivity contribution >= 4 is 16.5 Å². The monoisotopic (exact) mass is 265 g/mol. The van der Waals surface area contributed by atoms with Gasteiger partial charge in [-0.15, -0.1) is 0 Å². The molecule has 0 radical (unpaired) electrons. The van der Waals surface area contributed by atoms with Crippen molar-refractivity contribution in [1.82, 2.24) is 9.78 Å². The van der Waals surface area contributed by atoms with Crippen molar-refractivity contribution in [3.05, 3.63) is 36.7 Å². The Morgan fingerprint density at radius 1 is 1.50 bits per heavy atom. The molecule has 0 amide bonds. The Morgan fingerprint density at radius 3 is 3.00 bits per heavy atom. The molecule has 0 aliphatic heterocycles. The van der Waals surface area contributed by atoms with Crippen LogP contribution in [0.2, 0.25) is 0 Å². The lowest BCUT2D eigenvalue weighted by Crippen LogP contribution is -2.09. The predicted molar refractivity (Wildman–Crippen MR) is 70.9 cm³/mol.